The van der Waals surface area contributed by atoms with E-state index in [2.05, 4.69) is 48.0 Å². The molecule has 6 heteroatoms. The highest BCUT2D eigenvalue weighted by atomic mass is 32.2. The Balaban J connectivity index is 2.50. The van der Waals surface area contributed by atoms with Crippen LogP contribution < -0.4 is 0 Å². The van der Waals surface area contributed by atoms with Gasteiger partial charge in [0.15, 0.2) is 8.32 Å². The Morgan fingerprint density at radius 2 is 2.00 bits per heavy atom. The van der Waals surface area contributed by atoms with Crippen LogP contribution in [-0.2, 0) is 13.9 Å². The van der Waals surface area contributed by atoms with Crippen LogP contribution in [0.2, 0.25) is 18.1 Å². The molecule has 0 spiro atoms. The zero-order valence-corrected chi connectivity index (χ0v) is 15.3. The van der Waals surface area contributed by atoms with Gasteiger partial charge in [0.1, 0.15) is 14.0 Å². The summed E-state index contributed by atoms with van der Waals surface area (Å²) in [5, 5.41) is 0.243. The third kappa shape index (κ3) is 5.08. The summed E-state index contributed by atoms with van der Waals surface area (Å²) in [6, 6.07) is 0.278. The van der Waals surface area contributed by atoms with Crippen LogP contribution in [0.5, 0.6) is 0 Å². The van der Waals surface area contributed by atoms with E-state index in [1.165, 1.54) is 0 Å². The second-order valence-corrected chi connectivity index (χ2v) is 12.5. The van der Waals surface area contributed by atoms with Gasteiger partial charge in [0, 0.05) is 6.00 Å². The molecule has 1 heterocycles. The second kappa shape index (κ2) is 6.98. The number of hydrogen-bond donors (Lipinski definition) is 0. The maximum Gasteiger partial charge on any atom is 0.192 e. The van der Waals surface area contributed by atoms with E-state index in [0.717, 1.165) is 12.4 Å². The van der Waals surface area contributed by atoms with Crippen LogP contribution in [0.15, 0.2) is 0 Å². The lowest BCUT2D eigenvalue weighted by Crippen LogP contribution is -2.44. The van der Waals surface area contributed by atoms with E-state index in [0.29, 0.717) is 6.61 Å². The van der Waals surface area contributed by atoms with Crippen LogP contribution in [0.4, 0.5) is 0 Å². The van der Waals surface area contributed by atoms with Crippen LogP contribution in [0.1, 0.15) is 27.2 Å². The minimum absolute atomic E-state index is 0.0938. The molecule has 0 radical (unpaired) electrons. The summed E-state index contributed by atoms with van der Waals surface area (Å²) in [4.78, 5) is 0. The summed E-state index contributed by atoms with van der Waals surface area (Å²) < 4.78 is 18.1. The monoisotopic (exact) mass is 304 g/mol. The van der Waals surface area contributed by atoms with Gasteiger partial charge in [0.2, 0.25) is 0 Å². The topological polar surface area (TPSA) is 27.7 Å². The molecule has 1 aliphatic heterocycles. The molecule has 0 aromatic carbocycles. The van der Waals surface area contributed by atoms with Crippen molar-refractivity contribution in [3.05, 3.63) is 0 Å². The zero-order chi connectivity index (χ0) is 14.7. The van der Waals surface area contributed by atoms with E-state index in [1.54, 1.807) is 11.8 Å². The van der Waals surface area contributed by atoms with E-state index < -0.39 is 8.32 Å². The van der Waals surface area contributed by atoms with Crippen LogP contribution in [0, 0.1) is 0 Å². The first-order chi connectivity index (χ1) is 8.67. The highest BCUT2D eigenvalue weighted by Gasteiger charge is 2.40. The van der Waals surface area contributed by atoms with Crippen molar-refractivity contribution in [3.63, 3.8) is 0 Å². The number of ether oxygens (including phenoxy) is 2. The molecule has 0 N–H and O–H groups in total. The van der Waals surface area contributed by atoms with Crippen molar-refractivity contribution in [2.45, 2.75) is 63.5 Å². The van der Waals surface area contributed by atoms with Gasteiger partial charge in [-0.1, -0.05) is 20.8 Å². The van der Waals surface area contributed by atoms with Crippen molar-refractivity contribution in [1.82, 2.24) is 0 Å². The van der Waals surface area contributed by atoms with Crippen molar-refractivity contribution >= 4 is 27.9 Å². The summed E-state index contributed by atoms with van der Waals surface area (Å²) in [5.74, 6) is 0.733. The second-order valence-electron chi connectivity index (χ2n) is 6.90. The van der Waals surface area contributed by atoms with Crippen LogP contribution >= 0.6 is 11.8 Å². The summed E-state index contributed by atoms with van der Waals surface area (Å²) in [5.41, 5.74) is 0. The number of hydrogen-bond acceptors (Lipinski definition) is 4. The van der Waals surface area contributed by atoms with Crippen molar-refractivity contribution in [1.29, 1.82) is 0 Å². The minimum atomic E-state index is -1.70. The smallest absolute Gasteiger partial charge is 0.192 e. The first kappa shape index (κ1) is 17.6. The molecule has 0 saturated carbocycles. The lowest BCUT2D eigenvalue weighted by atomic mass is 9.96. The Morgan fingerprint density at radius 1 is 1.37 bits per heavy atom. The fourth-order valence-electron chi connectivity index (χ4n) is 1.90. The predicted octanol–water partition coefficient (Wildman–Crippen LogP) is 2.46. The molecule has 1 aliphatic rings. The first-order valence-electron chi connectivity index (χ1n) is 7.07. The summed E-state index contributed by atoms with van der Waals surface area (Å²) >= 11 is 1.71. The van der Waals surface area contributed by atoms with Crippen molar-refractivity contribution in [2.24, 2.45) is 0 Å². The number of rotatable bonds is 6. The van der Waals surface area contributed by atoms with E-state index in [-0.39, 0.29) is 23.2 Å². The fraction of sp³-hybridized carbons (Fsp3) is 1.00. The molecule has 3 atom stereocenters. The molecule has 3 nitrogen and oxygen atoms in total. The standard InChI is InChI=1S/C13H29BO3SSi/c1-13(2,3)19(5,6)16-8-11-10(15-9-18-4)7-12(14)17-11/h10-12H,7-9,14H2,1-6H3/t10-,11-,12-/m1/s1. The Labute approximate surface area is 124 Å². The quantitative estimate of drug-likeness (QED) is 0.556. The molecular formula is C13H29BO3SSi. The lowest BCUT2D eigenvalue weighted by molar-refractivity contribution is -0.0215. The molecule has 1 saturated heterocycles. The average Bonchev–Trinajstić information content (AvgIpc) is 2.63. The highest BCUT2D eigenvalue weighted by molar-refractivity contribution is 7.98. The molecule has 1 rings (SSSR count). The van der Waals surface area contributed by atoms with Gasteiger partial charge >= 0.3 is 0 Å². The van der Waals surface area contributed by atoms with Gasteiger partial charge in [-0.15, -0.1) is 11.8 Å². The predicted molar refractivity (Wildman–Crippen MR) is 88.2 cm³/mol. The third-order valence-electron chi connectivity index (χ3n) is 4.20. The Hall–Kier alpha value is 0.512. The molecular weight excluding hydrogens is 275 g/mol. The average molecular weight is 304 g/mol. The Morgan fingerprint density at radius 3 is 2.53 bits per heavy atom. The van der Waals surface area contributed by atoms with Crippen molar-refractivity contribution < 1.29 is 13.9 Å². The molecule has 0 aromatic heterocycles. The van der Waals surface area contributed by atoms with Crippen LogP contribution in [0.25, 0.3) is 0 Å². The van der Waals surface area contributed by atoms with E-state index in [4.69, 9.17) is 13.9 Å². The SMILES string of the molecule is B[C@H]1C[C@@H](OCSC)[C@@H](CO[Si](C)(C)C(C)(C)C)O1. The molecule has 0 bridgehead atoms. The van der Waals surface area contributed by atoms with Gasteiger partial charge in [0.25, 0.3) is 0 Å². The first-order valence-corrected chi connectivity index (χ1v) is 11.4. The van der Waals surface area contributed by atoms with Crippen molar-refractivity contribution in [2.75, 3.05) is 18.8 Å². The molecule has 0 aromatic rings. The van der Waals surface area contributed by atoms with E-state index >= 15 is 0 Å². The fourth-order valence-corrected chi connectivity index (χ4v) is 3.23. The van der Waals surface area contributed by atoms with Gasteiger partial charge in [-0.3, -0.25) is 0 Å². The molecule has 0 amide bonds. The van der Waals surface area contributed by atoms with Crippen molar-refractivity contribution in [3.8, 4) is 0 Å². The molecule has 0 unspecified atom stereocenters. The van der Waals surface area contributed by atoms with Gasteiger partial charge < -0.3 is 13.9 Å². The van der Waals surface area contributed by atoms with Gasteiger partial charge in [-0.05, 0) is 30.8 Å². The molecule has 112 valence electrons. The highest BCUT2D eigenvalue weighted by Crippen LogP contribution is 2.37. The lowest BCUT2D eigenvalue weighted by Gasteiger charge is -2.37. The van der Waals surface area contributed by atoms with Crippen LogP contribution in [0.3, 0.4) is 0 Å². The minimum Gasteiger partial charge on any atom is -0.414 e. The molecule has 19 heavy (non-hydrogen) atoms. The summed E-state index contributed by atoms with van der Waals surface area (Å²) in [6.07, 6.45) is 3.32. The van der Waals surface area contributed by atoms with E-state index in [1.807, 2.05) is 0 Å². The maximum absolute atomic E-state index is 6.26. The maximum atomic E-state index is 6.26. The van der Waals surface area contributed by atoms with Gasteiger partial charge in [-0.2, -0.15) is 0 Å². The van der Waals surface area contributed by atoms with Crippen LogP contribution in [-0.4, -0.2) is 53.2 Å². The Bertz CT molecular complexity index is 284. The summed E-state index contributed by atoms with van der Waals surface area (Å²) in [7, 11) is 0.417. The molecule has 0 aliphatic carbocycles. The largest absolute Gasteiger partial charge is 0.414 e. The normalized spacial score (nSPS) is 28.8. The molecule has 1 fully saturated rings. The third-order valence-corrected chi connectivity index (χ3v) is 9.07. The van der Waals surface area contributed by atoms with Gasteiger partial charge in [0.05, 0.1) is 18.6 Å². The number of thioether (sulfide) groups is 1. The zero-order valence-electron chi connectivity index (χ0n) is 13.5. The summed E-state index contributed by atoms with van der Waals surface area (Å²) in [6.45, 7) is 12.0. The van der Waals surface area contributed by atoms with Gasteiger partial charge in [-0.25, -0.2) is 0 Å². The Kier molecular flexibility index (Phi) is 6.46. The van der Waals surface area contributed by atoms with E-state index in [9.17, 15) is 0 Å².